The molecule has 1 aliphatic carbocycles. The fourth-order valence-corrected chi connectivity index (χ4v) is 3.99. The third-order valence-electron chi connectivity index (χ3n) is 5.75. The molecule has 0 aliphatic heterocycles. The number of hydrogen-bond acceptors (Lipinski definition) is 8. The number of aromatic nitrogens is 5. The van der Waals surface area contributed by atoms with Gasteiger partial charge < -0.3 is 25.4 Å². The van der Waals surface area contributed by atoms with E-state index in [1.807, 2.05) is 6.07 Å². The number of nitrogens with one attached hydrogen (secondary N) is 2. The highest BCUT2D eigenvalue weighted by Crippen LogP contribution is 2.45. The topological polar surface area (TPSA) is 138 Å². The standard InChI is InChI=1S/C21H23N7O3/c1-21(20(31)23-3)9-13(16(29)17(21)30)28-11-25-15-18(22-2)26-14(27-19(15)28)7-6-12-5-4-8-24-10-12/h4-5,8,10-11,13,16-17,29-30H,9H2,1-3H3,(H,23,31)(H,22,26,27)/t13-,16+,17+,21?/m1/s1. The first-order valence-electron chi connectivity index (χ1n) is 9.81. The molecule has 1 aliphatic rings. The summed E-state index contributed by atoms with van der Waals surface area (Å²) < 4.78 is 1.68. The number of fused-ring (bicyclic) bond motifs is 1. The zero-order chi connectivity index (χ0) is 22.2. The second kappa shape index (κ2) is 7.94. The second-order valence-corrected chi connectivity index (χ2v) is 7.67. The van der Waals surface area contributed by atoms with Crippen molar-refractivity contribution in [2.45, 2.75) is 31.6 Å². The molecule has 1 amide bonds. The van der Waals surface area contributed by atoms with E-state index in [1.165, 1.54) is 13.4 Å². The van der Waals surface area contributed by atoms with Gasteiger partial charge in [-0.15, -0.1) is 0 Å². The monoisotopic (exact) mass is 421 g/mol. The number of nitrogens with zero attached hydrogens (tertiary/aromatic N) is 5. The van der Waals surface area contributed by atoms with Crippen LogP contribution < -0.4 is 10.6 Å². The van der Waals surface area contributed by atoms with Gasteiger partial charge in [0.1, 0.15) is 6.10 Å². The third-order valence-corrected chi connectivity index (χ3v) is 5.75. The molecule has 160 valence electrons. The normalized spacial score (nSPS) is 25.1. The van der Waals surface area contributed by atoms with E-state index in [4.69, 9.17) is 0 Å². The van der Waals surface area contributed by atoms with Crippen LogP contribution in [0.25, 0.3) is 11.2 Å². The lowest BCUT2D eigenvalue weighted by molar-refractivity contribution is -0.136. The van der Waals surface area contributed by atoms with Crippen molar-refractivity contribution >= 4 is 22.9 Å². The Morgan fingerprint density at radius 3 is 2.77 bits per heavy atom. The van der Waals surface area contributed by atoms with Crippen LogP contribution in [0.5, 0.6) is 0 Å². The van der Waals surface area contributed by atoms with Gasteiger partial charge in [0.2, 0.25) is 11.7 Å². The van der Waals surface area contributed by atoms with Gasteiger partial charge in [-0.2, -0.15) is 0 Å². The summed E-state index contributed by atoms with van der Waals surface area (Å²) in [5, 5.41) is 26.9. The summed E-state index contributed by atoms with van der Waals surface area (Å²) in [6.07, 6.45) is 2.66. The van der Waals surface area contributed by atoms with E-state index in [0.29, 0.717) is 17.0 Å². The first kappa shape index (κ1) is 20.7. The molecule has 4 atom stereocenters. The van der Waals surface area contributed by atoms with Gasteiger partial charge in [0.05, 0.1) is 23.9 Å². The molecule has 3 aromatic rings. The van der Waals surface area contributed by atoms with E-state index in [0.717, 1.165) is 5.56 Å². The van der Waals surface area contributed by atoms with Crippen molar-refractivity contribution in [1.82, 2.24) is 29.8 Å². The van der Waals surface area contributed by atoms with Crippen molar-refractivity contribution in [1.29, 1.82) is 0 Å². The smallest absolute Gasteiger partial charge is 0.228 e. The first-order chi connectivity index (χ1) is 14.9. The van der Waals surface area contributed by atoms with Gasteiger partial charge in [0.15, 0.2) is 17.0 Å². The maximum atomic E-state index is 12.4. The van der Waals surface area contributed by atoms with Gasteiger partial charge in [-0.25, -0.2) is 15.0 Å². The van der Waals surface area contributed by atoms with Crippen LogP contribution in [0, 0.1) is 17.3 Å². The SMILES string of the molecule is CNC(=O)C1(C)C[C@@H](n2cnc3c(NC)nc(C#Cc4cccnc4)nc32)[C@H](O)[C@@H]1O. The average Bonchev–Trinajstić information content (AvgIpc) is 3.32. The molecule has 10 heteroatoms. The van der Waals surface area contributed by atoms with Crippen LogP contribution in [0.3, 0.4) is 0 Å². The van der Waals surface area contributed by atoms with Gasteiger partial charge in [0, 0.05) is 32.1 Å². The van der Waals surface area contributed by atoms with E-state index in [1.54, 1.807) is 37.0 Å². The van der Waals surface area contributed by atoms with Crippen LogP contribution >= 0.6 is 0 Å². The fourth-order valence-electron chi connectivity index (χ4n) is 3.99. The van der Waals surface area contributed by atoms with Crippen molar-refractivity contribution in [3.63, 3.8) is 0 Å². The highest BCUT2D eigenvalue weighted by Gasteiger charge is 2.54. The zero-order valence-electron chi connectivity index (χ0n) is 17.4. The molecule has 0 radical (unpaired) electrons. The second-order valence-electron chi connectivity index (χ2n) is 7.67. The van der Waals surface area contributed by atoms with Crippen molar-refractivity contribution < 1.29 is 15.0 Å². The predicted molar refractivity (Wildman–Crippen MR) is 113 cm³/mol. The summed E-state index contributed by atoms with van der Waals surface area (Å²) in [7, 11) is 3.22. The lowest BCUT2D eigenvalue weighted by atomic mass is 9.85. The minimum atomic E-state index is -1.23. The van der Waals surface area contributed by atoms with Gasteiger partial charge in [-0.1, -0.05) is 5.92 Å². The zero-order valence-corrected chi connectivity index (χ0v) is 17.4. The molecule has 1 unspecified atom stereocenters. The Morgan fingerprint density at radius 1 is 1.29 bits per heavy atom. The number of pyridine rings is 1. The molecule has 1 saturated carbocycles. The molecule has 3 aromatic heterocycles. The maximum Gasteiger partial charge on any atom is 0.228 e. The molecule has 31 heavy (non-hydrogen) atoms. The third kappa shape index (κ3) is 3.48. The van der Waals surface area contributed by atoms with Gasteiger partial charge in [-0.05, 0) is 31.4 Å². The molecule has 0 spiro atoms. The highest BCUT2D eigenvalue weighted by molar-refractivity contribution is 5.85. The number of carbonyl (C=O) groups excluding carboxylic acids is 1. The first-order valence-corrected chi connectivity index (χ1v) is 9.81. The molecule has 10 nitrogen and oxygen atoms in total. The van der Waals surface area contributed by atoms with Crippen LogP contribution in [-0.2, 0) is 4.79 Å². The quantitative estimate of drug-likeness (QED) is 0.436. The summed E-state index contributed by atoms with van der Waals surface area (Å²) in [4.78, 5) is 29.8. The molecule has 3 heterocycles. The minimum Gasteiger partial charge on any atom is -0.389 e. The van der Waals surface area contributed by atoms with Crippen LogP contribution in [-0.4, -0.2) is 66.9 Å². The Morgan fingerprint density at radius 2 is 2.10 bits per heavy atom. The number of carbonyl (C=O) groups is 1. The number of rotatable bonds is 3. The van der Waals surface area contributed by atoms with Crippen LogP contribution in [0.1, 0.15) is 30.8 Å². The molecular weight excluding hydrogens is 398 g/mol. The van der Waals surface area contributed by atoms with E-state index in [-0.39, 0.29) is 18.2 Å². The Kier molecular flexibility index (Phi) is 5.31. The van der Waals surface area contributed by atoms with Crippen molar-refractivity contribution in [3.8, 4) is 11.8 Å². The molecule has 0 saturated heterocycles. The number of anilines is 1. The van der Waals surface area contributed by atoms with E-state index in [9.17, 15) is 15.0 Å². The molecular formula is C21H23N7O3. The number of aliphatic hydroxyl groups is 2. The molecule has 4 N–H and O–H groups in total. The van der Waals surface area contributed by atoms with Crippen molar-refractivity contribution in [3.05, 3.63) is 42.2 Å². The number of amides is 1. The number of imidazole rings is 1. The lowest BCUT2D eigenvalue weighted by Crippen LogP contribution is -2.45. The average molecular weight is 421 g/mol. The molecule has 1 fully saturated rings. The Balaban J connectivity index is 1.78. The van der Waals surface area contributed by atoms with Gasteiger partial charge >= 0.3 is 0 Å². The van der Waals surface area contributed by atoms with Gasteiger partial charge in [-0.3, -0.25) is 9.78 Å². The van der Waals surface area contributed by atoms with Crippen LogP contribution in [0.2, 0.25) is 0 Å². The van der Waals surface area contributed by atoms with Crippen LogP contribution in [0.15, 0.2) is 30.9 Å². The Hall–Kier alpha value is -3.55. The molecule has 0 aromatic carbocycles. The van der Waals surface area contributed by atoms with E-state index in [2.05, 4.69) is 42.4 Å². The van der Waals surface area contributed by atoms with Crippen molar-refractivity contribution in [2.24, 2.45) is 5.41 Å². The number of aliphatic hydroxyl groups excluding tert-OH is 2. The van der Waals surface area contributed by atoms with Crippen molar-refractivity contribution in [2.75, 3.05) is 19.4 Å². The molecule has 0 bridgehead atoms. The summed E-state index contributed by atoms with van der Waals surface area (Å²) in [6.45, 7) is 1.64. The maximum absolute atomic E-state index is 12.4. The van der Waals surface area contributed by atoms with E-state index < -0.39 is 23.7 Å². The Bertz CT molecular complexity index is 1180. The summed E-state index contributed by atoms with van der Waals surface area (Å²) in [6, 6.07) is 3.02. The summed E-state index contributed by atoms with van der Waals surface area (Å²) in [5.41, 5.74) is 0.537. The largest absolute Gasteiger partial charge is 0.389 e. The summed E-state index contributed by atoms with van der Waals surface area (Å²) in [5.74, 6) is 6.32. The Labute approximate surface area is 178 Å². The van der Waals surface area contributed by atoms with E-state index >= 15 is 0 Å². The lowest BCUT2D eigenvalue weighted by Gasteiger charge is -2.26. The highest BCUT2D eigenvalue weighted by atomic mass is 16.3. The minimum absolute atomic E-state index is 0.218. The predicted octanol–water partition coefficient (Wildman–Crippen LogP) is 0.0817. The molecule has 4 rings (SSSR count). The number of hydrogen-bond donors (Lipinski definition) is 4. The fraction of sp³-hybridized carbons (Fsp3) is 0.381. The van der Waals surface area contributed by atoms with Crippen LogP contribution in [0.4, 0.5) is 5.82 Å². The van der Waals surface area contributed by atoms with Gasteiger partial charge in [0.25, 0.3) is 0 Å². The summed E-state index contributed by atoms with van der Waals surface area (Å²) >= 11 is 0.